The van der Waals surface area contributed by atoms with Crippen LogP contribution in [0.1, 0.15) is 25.1 Å². The van der Waals surface area contributed by atoms with Crippen molar-refractivity contribution in [1.82, 2.24) is 25.8 Å². The third-order valence-electron chi connectivity index (χ3n) is 6.97. The maximum atomic E-state index is 16.0. The van der Waals surface area contributed by atoms with Crippen LogP contribution < -0.4 is 20.9 Å². The second-order valence-corrected chi connectivity index (χ2v) is 9.17. The number of morpholine rings is 1. The third kappa shape index (κ3) is 3.04. The Morgan fingerprint density at radius 2 is 2.03 bits per heavy atom. The molecule has 3 aromatic rings. The summed E-state index contributed by atoms with van der Waals surface area (Å²) in [6.07, 6.45) is 2.16. The largest absolute Gasteiger partial charge is 0.372 e. The molecule has 182 valence electrons. The number of nitrogens with zero attached hydrogens (tertiary/aromatic N) is 3. The highest BCUT2D eigenvalue weighted by Gasteiger charge is 2.63. The summed E-state index contributed by atoms with van der Waals surface area (Å²) in [5.41, 5.74) is -0.270. The van der Waals surface area contributed by atoms with Crippen LogP contribution >= 0.6 is 0 Å². The van der Waals surface area contributed by atoms with E-state index in [4.69, 9.17) is 9.26 Å². The number of hydrogen-bond donors (Lipinski definition) is 4. The number of anilines is 2. The maximum absolute atomic E-state index is 16.0. The highest BCUT2D eigenvalue weighted by molar-refractivity contribution is 6.20. The smallest absolute Gasteiger partial charge is 0.328 e. The van der Waals surface area contributed by atoms with E-state index in [0.717, 1.165) is 5.69 Å². The molecule has 2 fully saturated rings. The van der Waals surface area contributed by atoms with Crippen LogP contribution in [0, 0.1) is 11.2 Å². The van der Waals surface area contributed by atoms with E-state index in [0.29, 0.717) is 23.3 Å². The summed E-state index contributed by atoms with van der Waals surface area (Å²) in [5.74, 6) is -1.79. The van der Waals surface area contributed by atoms with Crippen molar-refractivity contribution in [3.05, 3.63) is 35.7 Å². The Labute approximate surface area is 197 Å². The van der Waals surface area contributed by atoms with Crippen molar-refractivity contribution in [3.63, 3.8) is 0 Å². The van der Waals surface area contributed by atoms with E-state index in [1.165, 1.54) is 0 Å². The predicted molar refractivity (Wildman–Crippen MR) is 119 cm³/mol. The average molecular weight is 483 g/mol. The van der Waals surface area contributed by atoms with Crippen LogP contribution in [0.4, 0.5) is 20.7 Å². The number of benzene rings is 1. The Morgan fingerprint density at radius 3 is 2.74 bits per heavy atom. The number of fused-ring (bicyclic) bond motifs is 5. The van der Waals surface area contributed by atoms with Crippen molar-refractivity contribution < 1.29 is 28.0 Å². The van der Waals surface area contributed by atoms with Gasteiger partial charge in [0, 0.05) is 19.2 Å². The Bertz CT molecular complexity index is 1350. The highest BCUT2D eigenvalue weighted by Crippen LogP contribution is 2.49. The van der Waals surface area contributed by atoms with Gasteiger partial charge in [-0.2, -0.15) is 0 Å². The van der Waals surface area contributed by atoms with Gasteiger partial charge >= 0.3 is 6.03 Å². The standard InChI is InChI=1S/C22H22FN7O5/c1-9-7-30-15-11(4-22(17(30)10(2)34-9)19(31)27-21(33)28-20(22)32)3-13-16(14(15)23)35-29-18(13)25-6-12-5-24-8-26-12/h3,5,8-10,17H,4,6-7H2,1-2H3,(H,24,26)(H,25,29)(H2,27,28,31,32,33)/t9-,10+,17-/m0/s1. The summed E-state index contributed by atoms with van der Waals surface area (Å²) in [5, 5.41) is 11.9. The average Bonchev–Trinajstić information content (AvgIpc) is 3.45. The predicted octanol–water partition coefficient (Wildman–Crippen LogP) is 1.19. The number of ether oxygens (including phenoxy) is 1. The number of halogens is 1. The molecule has 13 heteroatoms. The van der Waals surface area contributed by atoms with E-state index < -0.39 is 41.2 Å². The summed E-state index contributed by atoms with van der Waals surface area (Å²) >= 11 is 0. The molecule has 5 heterocycles. The molecular weight excluding hydrogens is 461 g/mol. The zero-order valence-electron chi connectivity index (χ0n) is 18.8. The van der Waals surface area contributed by atoms with Crippen molar-refractivity contribution in [2.75, 3.05) is 16.8 Å². The van der Waals surface area contributed by atoms with Gasteiger partial charge in [-0.15, -0.1) is 0 Å². The number of carbonyl (C=O) groups is 3. The summed E-state index contributed by atoms with van der Waals surface area (Å²) < 4.78 is 27.3. The Balaban J connectivity index is 1.50. The minimum atomic E-state index is -1.69. The van der Waals surface area contributed by atoms with E-state index >= 15 is 4.39 Å². The van der Waals surface area contributed by atoms with Gasteiger partial charge in [-0.05, 0) is 25.5 Å². The number of carbonyl (C=O) groups excluding carboxylic acids is 3. The summed E-state index contributed by atoms with van der Waals surface area (Å²) in [6, 6.07) is -0.0435. The van der Waals surface area contributed by atoms with Crippen molar-refractivity contribution in [2.45, 2.75) is 45.1 Å². The Hall–Kier alpha value is -4.00. The van der Waals surface area contributed by atoms with Gasteiger partial charge in [-0.3, -0.25) is 20.2 Å². The van der Waals surface area contributed by atoms with Crippen LogP contribution in [0.3, 0.4) is 0 Å². The lowest BCUT2D eigenvalue weighted by Gasteiger charge is -2.55. The van der Waals surface area contributed by atoms with Crippen molar-refractivity contribution in [1.29, 1.82) is 0 Å². The Kier molecular flexibility index (Phi) is 4.61. The van der Waals surface area contributed by atoms with Crippen LogP contribution in [-0.4, -0.2) is 57.8 Å². The van der Waals surface area contributed by atoms with Crippen LogP contribution in [0.15, 0.2) is 23.1 Å². The van der Waals surface area contributed by atoms with Crippen LogP contribution in [0.5, 0.6) is 0 Å². The molecule has 0 radical (unpaired) electrons. The molecule has 1 aromatic carbocycles. The number of aromatic amines is 1. The van der Waals surface area contributed by atoms with E-state index in [-0.39, 0.29) is 30.3 Å². The fourth-order valence-corrected chi connectivity index (χ4v) is 5.64. The minimum Gasteiger partial charge on any atom is -0.372 e. The number of H-pyrrole nitrogens is 1. The SMILES string of the molecule is C[C@H]1CN2c3c(cc4c(NCc5cnc[nH]5)noc4c3F)CC3(C(=O)NC(=O)NC3=O)[C@@H]2[C@@H](C)O1. The van der Waals surface area contributed by atoms with Gasteiger partial charge in [-0.1, -0.05) is 5.16 Å². The molecule has 12 nitrogen and oxygen atoms in total. The molecule has 35 heavy (non-hydrogen) atoms. The molecular formula is C22H22FN7O5. The van der Waals surface area contributed by atoms with Gasteiger partial charge in [0.25, 0.3) is 0 Å². The topological polar surface area (TPSA) is 154 Å². The van der Waals surface area contributed by atoms with Gasteiger partial charge in [0.05, 0.1) is 47.9 Å². The zero-order chi connectivity index (χ0) is 24.5. The Morgan fingerprint density at radius 1 is 1.26 bits per heavy atom. The third-order valence-corrected chi connectivity index (χ3v) is 6.97. The van der Waals surface area contributed by atoms with Gasteiger partial charge < -0.3 is 24.5 Å². The number of aromatic nitrogens is 3. The first kappa shape index (κ1) is 21.5. The molecule has 3 aliphatic rings. The first-order chi connectivity index (χ1) is 16.8. The summed E-state index contributed by atoms with van der Waals surface area (Å²) in [7, 11) is 0. The number of nitrogens with one attached hydrogen (secondary N) is 4. The normalized spacial score (nSPS) is 25.3. The molecule has 0 saturated carbocycles. The van der Waals surface area contributed by atoms with Gasteiger partial charge in [0.1, 0.15) is 0 Å². The van der Waals surface area contributed by atoms with E-state index in [1.54, 1.807) is 30.4 Å². The number of amides is 4. The molecule has 2 aromatic heterocycles. The first-order valence-electron chi connectivity index (χ1n) is 11.2. The lowest BCUT2D eigenvalue weighted by atomic mass is 9.66. The maximum Gasteiger partial charge on any atom is 0.328 e. The number of imide groups is 2. The molecule has 0 bridgehead atoms. The molecule has 3 aliphatic heterocycles. The van der Waals surface area contributed by atoms with Crippen LogP contribution in [0.25, 0.3) is 11.0 Å². The highest BCUT2D eigenvalue weighted by atomic mass is 19.1. The number of hydrogen-bond acceptors (Lipinski definition) is 9. The molecule has 6 rings (SSSR count). The number of rotatable bonds is 3. The molecule has 0 unspecified atom stereocenters. The summed E-state index contributed by atoms with van der Waals surface area (Å²) in [4.78, 5) is 47.0. The number of imidazole rings is 1. The quantitative estimate of drug-likeness (QED) is 0.402. The zero-order valence-corrected chi connectivity index (χ0v) is 18.8. The lowest BCUT2D eigenvalue weighted by molar-refractivity contribution is -0.153. The van der Waals surface area contributed by atoms with Crippen LogP contribution in [-0.2, 0) is 27.3 Å². The second-order valence-electron chi connectivity index (χ2n) is 9.17. The molecule has 2 saturated heterocycles. The monoisotopic (exact) mass is 483 g/mol. The van der Waals surface area contributed by atoms with Gasteiger partial charge in [0.2, 0.25) is 17.4 Å². The number of barbiturate groups is 1. The molecule has 3 atom stereocenters. The molecule has 1 spiro atoms. The molecule has 0 aliphatic carbocycles. The van der Waals surface area contributed by atoms with Crippen molar-refractivity contribution in [2.24, 2.45) is 5.41 Å². The molecule has 4 N–H and O–H groups in total. The fourth-order valence-electron chi connectivity index (χ4n) is 5.64. The van der Waals surface area contributed by atoms with E-state index in [2.05, 4.69) is 31.1 Å². The first-order valence-corrected chi connectivity index (χ1v) is 11.2. The van der Waals surface area contributed by atoms with Crippen LogP contribution in [0.2, 0.25) is 0 Å². The second kappa shape index (κ2) is 7.50. The lowest BCUT2D eigenvalue weighted by Crippen LogP contribution is -2.75. The fraction of sp³-hybridized carbons (Fsp3) is 0.409. The minimum absolute atomic E-state index is 0.0370. The summed E-state index contributed by atoms with van der Waals surface area (Å²) in [6.45, 7) is 4.15. The van der Waals surface area contributed by atoms with Crippen molar-refractivity contribution in [3.8, 4) is 0 Å². The van der Waals surface area contributed by atoms with E-state index in [1.807, 2.05) is 6.92 Å². The van der Waals surface area contributed by atoms with E-state index in [9.17, 15) is 14.4 Å². The van der Waals surface area contributed by atoms with Gasteiger partial charge in [0.15, 0.2) is 17.1 Å². The van der Waals surface area contributed by atoms with Crippen molar-refractivity contribution >= 4 is 40.3 Å². The number of urea groups is 1. The molecule has 4 amide bonds. The van der Waals surface area contributed by atoms with Gasteiger partial charge in [-0.25, -0.2) is 14.2 Å².